The van der Waals surface area contributed by atoms with Gasteiger partial charge in [0.15, 0.2) is 5.96 Å². The summed E-state index contributed by atoms with van der Waals surface area (Å²) in [5.74, 6) is 1.73. The summed E-state index contributed by atoms with van der Waals surface area (Å²) in [4.78, 5) is 7.29. The second-order valence-electron chi connectivity index (χ2n) is 6.86. The zero-order valence-corrected chi connectivity index (χ0v) is 16.0. The Morgan fingerprint density at radius 2 is 2.19 bits per heavy atom. The van der Waals surface area contributed by atoms with Crippen LogP contribution >= 0.6 is 0 Å². The van der Waals surface area contributed by atoms with Gasteiger partial charge in [0.2, 0.25) is 0 Å². The third-order valence-corrected chi connectivity index (χ3v) is 4.98. The first kappa shape index (κ1) is 19.0. The number of aliphatic imine (C=N–C) groups is 1. The molecule has 0 saturated carbocycles. The Balaban J connectivity index is 1.54. The fraction of sp³-hybridized carbons (Fsp3) is 0.650. The van der Waals surface area contributed by atoms with Gasteiger partial charge in [-0.1, -0.05) is 18.2 Å². The maximum absolute atomic E-state index is 6.03. The number of ether oxygens (including phenoxy) is 2. The molecule has 1 aromatic carbocycles. The molecule has 0 bridgehead atoms. The second kappa shape index (κ2) is 9.78. The summed E-state index contributed by atoms with van der Waals surface area (Å²) in [5.41, 5.74) is 1.10. The number of benzene rings is 1. The SMILES string of the molecule is CCNC(=NCc1ccccc1OCC)NCC1CN2CCCC2CO1. The summed E-state index contributed by atoms with van der Waals surface area (Å²) in [5, 5.41) is 6.76. The zero-order chi connectivity index (χ0) is 18.2. The van der Waals surface area contributed by atoms with Crippen molar-refractivity contribution in [2.75, 3.05) is 39.4 Å². The highest BCUT2D eigenvalue weighted by Gasteiger charge is 2.32. The Kier molecular flexibility index (Phi) is 7.14. The lowest BCUT2D eigenvalue weighted by molar-refractivity contribution is -0.0453. The van der Waals surface area contributed by atoms with Crippen LogP contribution in [0.15, 0.2) is 29.3 Å². The van der Waals surface area contributed by atoms with Gasteiger partial charge in [-0.3, -0.25) is 4.90 Å². The number of para-hydroxylation sites is 1. The van der Waals surface area contributed by atoms with Crippen LogP contribution in [0.2, 0.25) is 0 Å². The molecule has 6 nitrogen and oxygen atoms in total. The molecule has 2 unspecified atom stereocenters. The standard InChI is InChI=1S/C20H32N4O2/c1-3-21-20(22-12-16-8-5-6-10-19(16)25-4-2)23-13-18-14-24-11-7-9-17(24)15-26-18/h5-6,8,10,17-18H,3-4,7,9,11-15H2,1-2H3,(H2,21,22,23). The lowest BCUT2D eigenvalue weighted by Crippen LogP contribution is -2.51. The van der Waals surface area contributed by atoms with Gasteiger partial charge in [-0.15, -0.1) is 0 Å². The topological polar surface area (TPSA) is 58.1 Å². The van der Waals surface area contributed by atoms with Crippen LogP contribution < -0.4 is 15.4 Å². The van der Waals surface area contributed by atoms with E-state index in [1.165, 1.54) is 19.4 Å². The van der Waals surface area contributed by atoms with E-state index in [4.69, 9.17) is 14.5 Å². The van der Waals surface area contributed by atoms with Crippen molar-refractivity contribution >= 4 is 5.96 Å². The van der Waals surface area contributed by atoms with Crippen LogP contribution in [0.3, 0.4) is 0 Å². The molecule has 2 N–H and O–H groups in total. The zero-order valence-electron chi connectivity index (χ0n) is 16.0. The average Bonchev–Trinajstić information content (AvgIpc) is 3.13. The highest BCUT2D eigenvalue weighted by atomic mass is 16.5. The van der Waals surface area contributed by atoms with Crippen LogP contribution in [-0.2, 0) is 11.3 Å². The molecule has 144 valence electrons. The van der Waals surface area contributed by atoms with E-state index in [1.54, 1.807) is 0 Å². The van der Waals surface area contributed by atoms with Crippen molar-refractivity contribution in [3.63, 3.8) is 0 Å². The summed E-state index contributed by atoms with van der Waals surface area (Å²) < 4.78 is 11.7. The molecule has 26 heavy (non-hydrogen) atoms. The lowest BCUT2D eigenvalue weighted by Gasteiger charge is -2.35. The Hall–Kier alpha value is -1.79. The van der Waals surface area contributed by atoms with E-state index < -0.39 is 0 Å². The molecule has 2 aliphatic heterocycles. The van der Waals surface area contributed by atoms with Crippen LogP contribution in [0.4, 0.5) is 0 Å². The molecular weight excluding hydrogens is 328 g/mol. The average molecular weight is 361 g/mol. The van der Waals surface area contributed by atoms with Gasteiger partial charge in [0.05, 0.1) is 25.9 Å². The predicted octanol–water partition coefficient (Wildman–Crippen LogP) is 2.00. The highest BCUT2D eigenvalue weighted by molar-refractivity contribution is 5.79. The minimum Gasteiger partial charge on any atom is -0.494 e. The van der Waals surface area contributed by atoms with Gasteiger partial charge in [-0.05, 0) is 39.3 Å². The number of hydrogen-bond donors (Lipinski definition) is 2. The molecule has 0 aromatic heterocycles. The van der Waals surface area contributed by atoms with Gasteiger partial charge in [0, 0.05) is 31.2 Å². The molecule has 0 radical (unpaired) electrons. The summed E-state index contributed by atoms with van der Waals surface area (Å²) in [6.45, 7) is 10.0. The molecule has 1 aromatic rings. The molecule has 2 fully saturated rings. The first-order valence-electron chi connectivity index (χ1n) is 9.88. The van der Waals surface area contributed by atoms with Gasteiger partial charge in [-0.25, -0.2) is 4.99 Å². The fourth-order valence-electron chi connectivity index (χ4n) is 3.66. The fourth-order valence-corrected chi connectivity index (χ4v) is 3.66. The van der Waals surface area contributed by atoms with E-state index in [-0.39, 0.29) is 6.10 Å². The number of nitrogens with zero attached hydrogens (tertiary/aromatic N) is 2. The third kappa shape index (κ3) is 5.11. The summed E-state index contributed by atoms with van der Waals surface area (Å²) >= 11 is 0. The van der Waals surface area contributed by atoms with E-state index in [0.717, 1.165) is 43.5 Å². The van der Waals surface area contributed by atoms with Gasteiger partial charge < -0.3 is 20.1 Å². The number of rotatable bonds is 7. The largest absolute Gasteiger partial charge is 0.494 e. The van der Waals surface area contributed by atoms with Crippen molar-refractivity contribution in [3.05, 3.63) is 29.8 Å². The quantitative estimate of drug-likeness (QED) is 0.575. The summed E-state index contributed by atoms with van der Waals surface area (Å²) in [6, 6.07) is 8.72. The first-order chi connectivity index (χ1) is 12.8. The van der Waals surface area contributed by atoms with Crippen molar-refractivity contribution in [3.8, 4) is 5.75 Å². The highest BCUT2D eigenvalue weighted by Crippen LogP contribution is 2.22. The minimum absolute atomic E-state index is 0.226. The third-order valence-electron chi connectivity index (χ3n) is 4.98. The lowest BCUT2D eigenvalue weighted by atomic mass is 10.2. The normalized spacial score (nSPS) is 23.5. The molecule has 2 heterocycles. The van der Waals surface area contributed by atoms with Gasteiger partial charge in [-0.2, -0.15) is 0 Å². The number of fused-ring (bicyclic) bond motifs is 1. The van der Waals surface area contributed by atoms with Crippen molar-refractivity contribution < 1.29 is 9.47 Å². The smallest absolute Gasteiger partial charge is 0.191 e. The molecule has 2 aliphatic rings. The molecule has 2 atom stereocenters. The van der Waals surface area contributed by atoms with Crippen molar-refractivity contribution in [1.82, 2.24) is 15.5 Å². The minimum atomic E-state index is 0.226. The predicted molar refractivity (Wildman–Crippen MR) is 105 cm³/mol. The van der Waals surface area contributed by atoms with E-state index in [9.17, 15) is 0 Å². The molecule has 2 saturated heterocycles. The van der Waals surface area contributed by atoms with E-state index in [1.807, 2.05) is 25.1 Å². The summed E-state index contributed by atoms with van der Waals surface area (Å²) in [7, 11) is 0. The van der Waals surface area contributed by atoms with Crippen LogP contribution in [0, 0.1) is 0 Å². The monoisotopic (exact) mass is 360 g/mol. The van der Waals surface area contributed by atoms with Crippen LogP contribution in [0.5, 0.6) is 5.75 Å². The Morgan fingerprint density at radius 1 is 1.31 bits per heavy atom. The van der Waals surface area contributed by atoms with Crippen LogP contribution in [0.1, 0.15) is 32.3 Å². The van der Waals surface area contributed by atoms with Gasteiger partial charge in [0.1, 0.15) is 5.75 Å². The van der Waals surface area contributed by atoms with Crippen molar-refractivity contribution in [2.45, 2.75) is 45.4 Å². The number of nitrogens with one attached hydrogen (secondary N) is 2. The van der Waals surface area contributed by atoms with Crippen LogP contribution in [0.25, 0.3) is 0 Å². The Labute approximate surface area is 157 Å². The molecule has 3 rings (SSSR count). The van der Waals surface area contributed by atoms with Crippen LogP contribution in [-0.4, -0.2) is 62.4 Å². The molecular formula is C20H32N4O2. The maximum atomic E-state index is 6.03. The molecule has 6 heteroatoms. The maximum Gasteiger partial charge on any atom is 0.191 e. The van der Waals surface area contributed by atoms with E-state index in [2.05, 4.69) is 28.5 Å². The van der Waals surface area contributed by atoms with Gasteiger partial charge >= 0.3 is 0 Å². The van der Waals surface area contributed by atoms with Crippen molar-refractivity contribution in [2.24, 2.45) is 4.99 Å². The van der Waals surface area contributed by atoms with Gasteiger partial charge in [0.25, 0.3) is 0 Å². The Bertz CT molecular complexity index is 593. The number of morpholine rings is 1. The molecule has 0 aliphatic carbocycles. The van der Waals surface area contributed by atoms with E-state index >= 15 is 0 Å². The number of guanidine groups is 1. The Morgan fingerprint density at radius 3 is 3.04 bits per heavy atom. The second-order valence-corrected chi connectivity index (χ2v) is 6.86. The number of hydrogen-bond acceptors (Lipinski definition) is 4. The van der Waals surface area contributed by atoms with E-state index in [0.29, 0.717) is 19.2 Å². The molecule has 0 amide bonds. The summed E-state index contributed by atoms with van der Waals surface area (Å²) in [6.07, 6.45) is 2.81. The first-order valence-corrected chi connectivity index (χ1v) is 9.88. The van der Waals surface area contributed by atoms with Crippen molar-refractivity contribution in [1.29, 1.82) is 0 Å². The molecule has 0 spiro atoms.